The van der Waals surface area contributed by atoms with Gasteiger partial charge < -0.3 is 5.32 Å². The largest absolute Gasteiger partial charge is 0.349 e. The Morgan fingerprint density at radius 2 is 2.11 bits per heavy atom. The molecule has 1 rings (SSSR count). The van der Waals surface area contributed by atoms with Crippen molar-refractivity contribution in [2.75, 3.05) is 5.33 Å². The van der Waals surface area contributed by atoms with Crippen LogP contribution in [0.3, 0.4) is 0 Å². The van der Waals surface area contributed by atoms with Crippen LogP contribution in [0.25, 0.3) is 0 Å². The number of halogens is 2. The minimum atomic E-state index is 0.0303. The van der Waals surface area contributed by atoms with E-state index in [9.17, 15) is 4.79 Å². The van der Waals surface area contributed by atoms with Gasteiger partial charge in [0, 0.05) is 14.9 Å². The SMILES string of the molecule is Cc1cccc(C(=O)NC(CCBr)C(C)C)c1I. The molecule has 0 radical (unpaired) electrons. The van der Waals surface area contributed by atoms with Gasteiger partial charge in [0.05, 0.1) is 5.56 Å². The highest BCUT2D eigenvalue weighted by Gasteiger charge is 2.18. The van der Waals surface area contributed by atoms with Crippen molar-refractivity contribution < 1.29 is 4.79 Å². The molecule has 100 valence electrons. The van der Waals surface area contributed by atoms with Crippen molar-refractivity contribution in [1.82, 2.24) is 5.32 Å². The first-order valence-corrected chi connectivity index (χ1v) is 8.29. The molecule has 0 fully saturated rings. The summed E-state index contributed by atoms with van der Waals surface area (Å²) >= 11 is 5.67. The second kappa shape index (κ2) is 7.48. The van der Waals surface area contributed by atoms with E-state index in [1.54, 1.807) is 0 Å². The van der Waals surface area contributed by atoms with Crippen LogP contribution >= 0.6 is 38.5 Å². The predicted octanol–water partition coefficient (Wildman–Crippen LogP) is 4.14. The highest BCUT2D eigenvalue weighted by atomic mass is 127. The van der Waals surface area contributed by atoms with Crippen molar-refractivity contribution in [3.8, 4) is 0 Å². The number of amides is 1. The number of alkyl halides is 1. The van der Waals surface area contributed by atoms with E-state index in [1.807, 2.05) is 25.1 Å². The molecule has 18 heavy (non-hydrogen) atoms. The first-order chi connectivity index (χ1) is 8.47. The number of hydrogen-bond donors (Lipinski definition) is 1. The summed E-state index contributed by atoms with van der Waals surface area (Å²) in [4.78, 5) is 12.3. The second-order valence-corrected chi connectivity index (χ2v) is 6.61. The molecule has 0 aliphatic rings. The van der Waals surface area contributed by atoms with E-state index in [2.05, 4.69) is 57.7 Å². The van der Waals surface area contributed by atoms with E-state index >= 15 is 0 Å². The third-order valence-corrected chi connectivity index (χ3v) is 4.87. The van der Waals surface area contributed by atoms with Crippen LogP contribution in [0, 0.1) is 16.4 Å². The van der Waals surface area contributed by atoms with Crippen LogP contribution in [0.4, 0.5) is 0 Å². The summed E-state index contributed by atoms with van der Waals surface area (Å²) < 4.78 is 1.04. The molecule has 0 aliphatic carbocycles. The Kier molecular flexibility index (Phi) is 6.63. The Hall–Kier alpha value is -0.100. The molecule has 0 saturated heterocycles. The normalized spacial score (nSPS) is 12.6. The van der Waals surface area contributed by atoms with Gasteiger partial charge in [-0.3, -0.25) is 4.79 Å². The van der Waals surface area contributed by atoms with E-state index in [1.165, 1.54) is 0 Å². The molecule has 1 aromatic carbocycles. The van der Waals surface area contributed by atoms with Crippen LogP contribution in [0.5, 0.6) is 0 Å². The number of hydrogen-bond acceptors (Lipinski definition) is 1. The Labute approximate surface area is 131 Å². The van der Waals surface area contributed by atoms with Crippen molar-refractivity contribution in [3.63, 3.8) is 0 Å². The van der Waals surface area contributed by atoms with Crippen LogP contribution in [-0.4, -0.2) is 17.3 Å². The summed E-state index contributed by atoms with van der Waals surface area (Å²) in [6, 6.07) is 6.06. The number of aryl methyl sites for hydroxylation is 1. The van der Waals surface area contributed by atoms with E-state index < -0.39 is 0 Å². The Morgan fingerprint density at radius 1 is 1.44 bits per heavy atom. The molecule has 1 unspecified atom stereocenters. The molecule has 0 spiro atoms. The van der Waals surface area contributed by atoms with Crippen LogP contribution < -0.4 is 5.32 Å². The molecule has 0 bridgehead atoms. The van der Waals surface area contributed by atoms with E-state index in [0.29, 0.717) is 5.92 Å². The Morgan fingerprint density at radius 3 is 2.67 bits per heavy atom. The molecule has 1 atom stereocenters. The molecule has 0 heterocycles. The minimum absolute atomic E-state index is 0.0303. The number of nitrogens with one attached hydrogen (secondary N) is 1. The molecule has 4 heteroatoms. The molecule has 0 aromatic heterocycles. The monoisotopic (exact) mass is 423 g/mol. The smallest absolute Gasteiger partial charge is 0.252 e. The maximum absolute atomic E-state index is 12.3. The Bertz CT molecular complexity index is 420. The molecular formula is C14H19BrINO. The van der Waals surface area contributed by atoms with Crippen molar-refractivity contribution in [2.45, 2.75) is 33.2 Å². The lowest BCUT2D eigenvalue weighted by Crippen LogP contribution is -2.39. The zero-order chi connectivity index (χ0) is 13.7. The van der Waals surface area contributed by atoms with Crippen molar-refractivity contribution in [1.29, 1.82) is 0 Å². The molecule has 2 nitrogen and oxygen atoms in total. The van der Waals surface area contributed by atoms with Crippen molar-refractivity contribution >= 4 is 44.4 Å². The van der Waals surface area contributed by atoms with Gasteiger partial charge in [0.25, 0.3) is 5.91 Å². The van der Waals surface area contributed by atoms with E-state index in [0.717, 1.165) is 26.4 Å². The molecule has 0 aliphatic heterocycles. The average molecular weight is 424 g/mol. The summed E-state index contributed by atoms with van der Waals surface area (Å²) in [5.41, 5.74) is 1.92. The number of carbonyl (C=O) groups excluding carboxylic acids is 1. The fraction of sp³-hybridized carbons (Fsp3) is 0.500. The number of benzene rings is 1. The lowest BCUT2D eigenvalue weighted by atomic mass is 10.0. The maximum Gasteiger partial charge on any atom is 0.252 e. The topological polar surface area (TPSA) is 29.1 Å². The van der Waals surface area contributed by atoms with Gasteiger partial charge in [-0.15, -0.1) is 0 Å². The Balaban J connectivity index is 2.84. The third-order valence-electron chi connectivity index (χ3n) is 2.98. The van der Waals surface area contributed by atoms with Gasteiger partial charge in [-0.1, -0.05) is 41.9 Å². The van der Waals surface area contributed by atoms with Crippen molar-refractivity contribution in [3.05, 3.63) is 32.9 Å². The highest BCUT2D eigenvalue weighted by Crippen LogP contribution is 2.17. The number of carbonyl (C=O) groups is 1. The quantitative estimate of drug-likeness (QED) is 0.559. The predicted molar refractivity (Wildman–Crippen MR) is 88.4 cm³/mol. The maximum atomic E-state index is 12.3. The first-order valence-electron chi connectivity index (χ1n) is 6.09. The zero-order valence-electron chi connectivity index (χ0n) is 11.0. The third kappa shape index (κ3) is 4.23. The van der Waals surface area contributed by atoms with Gasteiger partial charge in [-0.05, 0) is 53.5 Å². The summed E-state index contributed by atoms with van der Waals surface area (Å²) in [5.74, 6) is 0.469. The van der Waals surface area contributed by atoms with E-state index in [4.69, 9.17) is 0 Å². The van der Waals surface area contributed by atoms with Crippen LogP contribution in [-0.2, 0) is 0 Å². The van der Waals surface area contributed by atoms with Crippen molar-refractivity contribution in [2.24, 2.45) is 5.92 Å². The highest BCUT2D eigenvalue weighted by molar-refractivity contribution is 14.1. The van der Waals surface area contributed by atoms with Gasteiger partial charge in [0.2, 0.25) is 0 Å². The minimum Gasteiger partial charge on any atom is -0.349 e. The lowest BCUT2D eigenvalue weighted by Gasteiger charge is -2.22. The fourth-order valence-electron chi connectivity index (χ4n) is 1.76. The first kappa shape index (κ1) is 16.0. The van der Waals surface area contributed by atoms with Crippen LogP contribution in [0.15, 0.2) is 18.2 Å². The van der Waals surface area contributed by atoms with Crippen LogP contribution in [0.2, 0.25) is 0 Å². The molecule has 1 N–H and O–H groups in total. The van der Waals surface area contributed by atoms with Crippen LogP contribution in [0.1, 0.15) is 36.2 Å². The van der Waals surface area contributed by atoms with Gasteiger partial charge >= 0.3 is 0 Å². The molecule has 0 saturated carbocycles. The summed E-state index contributed by atoms with van der Waals surface area (Å²) in [5, 5.41) is 4.03. The second-order valence-electron chi connectivity index (χ2n) is 4.74. The zero-order valence-corrected chi connectivity index (χ0v) is 14.7. The fourth-order valence-corrected chi connectivity index (χ4v) is 2.86. The average Bonchev–Trinajstić information content (AvgIpc) is 2.31. The van der Waals surface area contributed by atoms with Gasteiger partial charge in [-0.2, -0.15) is 0 Å². The van der Waals surface area contributed by atoms with Gasteiger partial charge in [0.15, 0.2) is 0 Å². The van der Waals surface area contributed by atoms with Gasteiger partial charge in [0.1, 0.15) is 0 Å². The summed E-state index contributed by atoms with van der Waals surface area (Å²) in [7, 11) is 0. The lowest BCUT2D eigenvalue weighted by molar-refractivity contribution is 0.0924. The number of rotatable bonds is 5. The molecule has 1 aromatic rings. The molecule has 1 amide bonds. The summed E-state index contributed by atoms with van der Waals surface area (Å²) in [6.07, 6.45) is 0.950. The summed E-state index contributed by atoms with van der Waals surface area (Å²) in [6.45, 7) is 6.29. The molecular weight excluding hydrogens is 405 g/mol. The van der Waals surface area contributed by atoms with E-state index in [-0.39, 0.29) is 11.9 Å². The van der Waals surface area contributed by atoms with Gasteiger partial charge in [-0.25, -0.2) is 0 Å². The standard InChI is InChI=1S/C14H19BrINO/c1-9(2)12(7-8-15)17-14(18)11-6-4-5-10(3)13(11)16/h4-6,9,12H,7-8H2,1-3H3,(H,17,18).